The highest BCUT2D eigenvalue weighted by Crippen LogP contribution is 2.13. The first-order valence-electron chi connectivity index (χ1n) is 6.56. The van der Waals surface area contributed by atoms with Gasteiger partial charge in [0.15, 0.2) is 0 Å². The average molecular weight is 241 g/mol. The minimum atomic E-state index is -0.0614. The molecule has 4 atom stereocenters. The van der Waals surface area contributed by atoms with Crippen LogP contribution in [0.25, 0.3) is 0 Å². The zero-order valence-electron chi connectivity index (χ0n) is 10.7. The molecule has 0 aromatic rings. The van der Waals surface area contributed by atoms with Crippen LogP contribution in [0.2, 0.25) is 0 Å². The molecule has 0 spiro atoms. The maximum atomic E-state index is 11.8. The molecule has 0 saturated carbocycles. The minimum Gasteiger partial charge on any atom is -0.379 e. The summed E-state index contributed by atoms with van der Waals surface area (Å²) in [5, 5.41) is 9.46. The van der Waals surface area contributed by atoms with Crippen LogP contribution in [0, 0.1) is 0 Å². The van der Waals surface area contributed by atoms with Gasteiger partial charge in [0, 0.05) is 24.7 Å². The van der Waals surface area contributed by atoms with E-state index in [-0.39, 0.29) is 18.1 Å². The molecular weight excluding hydrogens is 218 g/mol. The van der Waals surface area contributed by atoms with Crippen LogP contribution in [0.3, 0.4) is 0 Å². The van der Waals surface area contributed by atoms with E-state index < -0.39 is 0 Å². The fourth-order valence-electron chi connectivity index (χ4n) is 2.57. The van der Waals surface area contributed by atoms with E-state index in [0.29, 0.717) is 18.7 Å². The molecule has 5 heteroatoms. The van der Waals surface area contributed by atoms with Gasteiger partial charge < -0.3 is 20.7 Å². The Bertz CT molecular complexity index is 266. The fraction of sp³-hybridized carbons (Fsp3) is 0.917. The first-order valence-corrected chi connectivity index (χ1v) is 6.56. The minimum absolute atomic E-state index is 0.0614. The molecule has 98 valence electrons. The lowest BCUT2D eigenvalue weighted by Crippen LogP contribution is -2.57. The summed E-state index contributed by atoms with van der Waals surface area (Å²) in [5.41, 5.74) is 0. The maximum absolute atomic E-state index is 11.8. The normalized spacial score (nSPS) is 37.8. The maximum Gasteiger partial charge on any atom is 0.315 e. The van der Waals surface area contributed by atoms with E-state index in [0.717, 1.165) is 25.9 Å². The number of hydrogen-bond donors (Lipinski definition) is 3. The molecule has 2 aliphatic rings. The second-order valence-electron chi connectivity index (χ2n) is 5.22. The number of amides is 2. The van der Waals surface area contributed by atoms with Crippen molar-refractivity contribution in [2.75, 3.05) is 13.2 Å². The first-order chi connectivity index (χ1) is 8.15. The summed E-state index contributed by atoms with van der Waals surface area (Å²) in [5.74, 6) is 0. The van der Waals surface area contributed by atoms with Crippen molar-refractivity contribution in [3.05, 3.63) is 0 Å². The number of nitrogens with one attached hydrogen (secondary N) is 3. The van der Waals surface area contributed by atoms with E-state index in [2.05, 4.69) is 29.8 Å². The van der Waals surface area contributed by atoms with Gasteiger partial charge in [-0.2, -0.15) is 0 Å². The zero-order valence-corrected chi connectivity index (χ0v) is 10.7. The van der Waals surface area contributed by atoms with Crippen molar-refractivity contribution in [2.24, 2.45) is 0 Å². The third-order valence-corrected chi connectivity index (χ3v) is 3.64. The molecule has 3 N–H and O–H groups in total. The molecule has 0 aliphatic carbocycles. The van der Waals surface area contributed by atoms with Crippen molar-refractivity contribution in [3.8, 4) is 0 Å². The number of urea groups is 1. The van der Waals surface area contributed by atoms with Crippen LogP contribution in [0.5, 0.6) is 0 Å². The number of hydrogen-bond acceptors (Lipinski definition) is 3. The van der Waals surface area contributed by atoms with E-state index >= 15 is 0 Å². The molecule has 2 rings (SSSR count). The van der Waals surface area contributed by atoms with Crippen molar-refractivity contribution in [3.63, 3.8) is 0 Å². The van der Waals surface area contributed by atoms with Gasteiger partial charge in [-0.15, -0.1) is 0 Å². The Kier molecular flexibility index (Phi) is 4.23. The highest BCUT2D eigenvalue weighted by Gasteiger charge is 2.26. The van der Waals surface area contributed by atoms with E-state index in [1.54, 1.807) is 0 Å². The van der Waals surface area contributed by atoms with Crippen LogP contribution < -0.4 is 16.0 Å². The van der Waals surface area contributed by atoms with Gasteiger partial charge in [0.05, 0.1) is 12.6 Å². The Hall–Kier alpha value is -0.810. The van der Waals surface area contributed by atoms with E-state index in [1.165, 1.54) is 0 Å². The summed E-state index contributed by atoms with van der Waals surface area (Å²) in [6.45, 7) is 5.70. The monoisotopic (exact) mass is 241 g/mol. The predicted molar refractivity (Wildman–Crippen MR) is 66.0 cm³/mol. The molecule has 2 saturated heterocycles. The Labute approximate surface area is 103 Å². The third-order valence-electron chi connectivity index (χ3n) is 3.64. The van der Waals surface area contributed by atoms with Crippen LogP contribution in [0.4, 0.5) is 4.79 Å². The standard InChI is InChI=1S/C12H23N3O2/c1-8-3-4-11(9(2)13-8)15-12(16)14-10-5-6-17-7-10/h8-11,13H,3-7H2,1-2H3,(H2,14,15,16). The van der Waals surface area contributed by atoms with Gasteiger partial charge in [-0.3, -0.25) is 0 Å². The zero-order chi connectivity index (χ0) is 12.3. The van der Waals surface area contributed by atoms with Gasteiger partial charge in [-0.1, -0.05) is 0 Å². The van der Waals surface area contributed by atoms with Crippen molar-refractivity contribution < 1.29 is 9.53 Å². The van der Waals surface area contributed by atoms with Crippen LogP contribution in [0.1, 0.15) is 33.1 Å². The van der Waals surface area contributed by atoms with Gasteiger partial charge in [0.1, 0.15) is 0 Å². The van der Waals surface area contributed by atoms with Crippen LogP contribution in [-0.4, -0.2) is 43.4 Å². The first kappa shape index (κ1) is 12.6. The topological polar surface area (TPSA) is 62.4 Å². The summed E-state index contributed by atoms with van der Waals surface area (Å²) in [6.07, 6.45) is 3.08. The lowest BCUT2D eigenvalue weighted by molar-refractivity contribution is 0.186. The van der Waals surface area contributed by atoms with Crippen molar-refractivity contribution >= 4 is 6.03 Å². The van der Waals surface area contributed by atoms with Crippen molar-refractivity contribution in [1.82, 2.24) is 16.0 Å². The highest BCUT2D eigenvalue weighted by molar-refractivity contribution is 5.74. The lowest BCUT2D eigenvalue weighted by atomic mass is 9.95. The molecular formula is C12H23N3O2. The smallest absolute Gasteiger partial charge is 0.315 e. The van der Waals surface area contributed by atoms with Gasteiger partial charge in [-0.25, -0.2) is 4.79 Å². The number of rotatable bonds is 2. The van der Waals surface area contributed by atoms with Crippen LogP contribution in [0.15, 0.2) is 0 Å². The molecule has 5 nitrogen and oxygen atoms in total. The van der Waals surface area contributed by atoms with Gasteiger partial charge in [0.2, 0.25) is 0 Å². The van der Waals surface area contributed by atoms with Crippen LogP contribution >= 0.6 is 0 Å². The molecule has 17 heavy (non-hydrogen) atoms. The second-order valence-corrected chi connectivity index (χ2v) is 5.22. The Balaban J connectivity index is 1.73. The third kappa shape index (κ3) is 3.57. The summed E-state index contributed by atoms with van der Waals surface area (Å²) >= 11 is 0. The number of carbonyl (C=O) groups excluding carboxylic acids is 1. The SMILES string of the molecule is CC1CCC(NC(=O)NC2CCOC2)C(C)N1. The molecule has 0 aromatic heterocycles. The predicted octanol–water partition coefficient (Wildman–Crippen LogP) is 0.604. The number of piperidine rings is 1. The summed E-state index contributed by atoms with van der Waals surface area (Å²) < 4.78 is 5.23. The fourth-order valence-corrected chi connectivity index (χ4v) is 2.57. The Morgan fingerprint density at radius 2 is 2.06 bits per heavy atom. The molecule has 0 aromatic carbocycles. The van der Waals surface area contributed by atoms with E-state index in [1.807, 2.05) is 0 Å². The number of ether oxygens (including phenoxy) is 1. The molecule has 2 aliphatic heterocycles. The lowest BCUT2D eigenvalue weighted by Gasteiger charge is -2.34. The van der Waals surface area contributed by atoms with Gasteiger partial charge >= 0.3 is 6.03 Å². The quantitative estimate of drug-likeness (QED) is 0.663. The molecule has 4 unspecified atom stereocenters. The summed E-state index contributed by atoms with van der Waals surface area (Å²) in [6, 6.07) is 1.24. The summed E-state index contributed by atoms with van der Waals surface area (Å²) in [7, 11) is 0. The van der Waals surface area contributed by atoms with E-state index in [4.69, 9.17) is 4.74 Å². The number of carbonyl (C=O) groups is 1. The Morgan fingerprint density at radius 3 is 2.71 bits per heavy atom. The molecule has 0 radical (unpaired) electrons. The second kappa shape index (κ2) is 5.69. The molecule has 0 bridgehead atoms. The highest BCUT2D eigenvalue weighted by atomic mass is 16.5. The molecule has 2 fully saturated rings. The molecule has 2 heterocycles. The average Bonchev–Trinajstić information content (AvgIpc) is 2.75. The van der Waals surface area contributed by atoms with Gasteiger partial charge in [0.25, 0.3) is 0 Å². The Morgan fingerprint density at radius 1 is 1.24 bits per heavy atom. The van der Waals surface area contributed by atoms with Crippen molar-refractivity contribution in [2.45, 2.75) is 57.3 Å². The largest absolute Gasteiger partial charge is 0.379 e. The summed E-state index contributed by atoms with van der Waals surface area (Å²) in [4.78, 5) is 11.8. The van der Waals surface area contributed by atoms with Crippen molar-refractivity contribution in [1.29, 1.82) is 0 Å². The molecule has 2 amide bonds. The van der Waals surface area contributed by atoms with Gasteiger partial charge in [-0.05, 0) is 33.1 Å². The van der Waals surface area contributed by atoms with E-state index in [9.17, 15) is 4.79 Å². The van der Waals surface area contributed by atoms with Crippen LogP contribution in [-0.2, 0) is 4.74 Å².